The molecule has 2 rings (SSSR count). The molecule has 0 saturated heterocycles. The number of allylic oxidation sites excluding steroid dienone is 1. The van der Waals surface area contributed by atoms with Crippen LogP contribution < -0.4 is 10.2 Å². The topological polar surface area (TPSA) is 70.9 Å². The molecule has 0 saturated carbocycles. The number of para-hydroxylation sites is 1. The van der Waals surface area contributed by atoms with Crippen molar-refractivity contribution >= 4 is 23.7 Å². The first kappa shape index (κ1) is 18.5. The molecular formula is C19H19ClN2O3. The van der Waals surface area contributed by atoms with Crippen LogP contribution in [0.3, 0.4) is 0 Å². The average molecular weight is 359 g/mol. The molecule has 1 amide bonds. The number of phenolic OH excluding ortho intramolecular Hbond substituents is 1. The summed E-state index contributed by atoms with van der Waals surface area (Å²) in [5, 5.41) is 14.5. The number of carbonyl (C=O) groups excluding carboxylic acids is 1. The Morgan fingerprint density at radius 2 is 2.16 bits per heavy atom. The standard InChI is InChI=1S/C19H19ClN2O3/c1-3-6-14-7-4-8-15(18(14)23)12-21-22-19(24)13(2)25-17-10-5-9-16(20)11-17/h3-5,7-13,23H,1,6H2,2H3,(H,22,24). The molecule has 0 bridgehead atoms. The summed E-state index contributed by atoms with van der Waals surface area (Å²) in [7, 11) is 0. The van der Waals surface area contributed by atoms with Crippen molar-refractivity contribution in [3.63, 3.8) is 0 Å². The first-order valence-electron chi connectivity index (χ1n) is 7.68. The molecule has 2 N–H and O–H groups in total. The number of hydrogen-bond donors (Lipinski definition) is 2. The van der Waals surface area contributed by atoms with Gasteiger partial charge in [0.05, 0.1) is 6.21 Å². The number of phenols is 1. The zero-order chi connectivity index (χ0) is 18.2. The number of hydrazone groups is 1. The lowest BCUT2D eigenvalue weighted by molar-refractivity contribution is -0.127. The second kappa shape index (κ2) is 8.89. The van der Waals surface area contributed by atoms with Crippen LogP contribution in [-0.2, 0) is 11.2 Å². The third kappa shape index (κ3) is 5.36. The quantitative estimate of drug-likeness (QED) is 0.450. The summed E-state index contributed by atoms with van der Waals surface area (Å²) in [5.41, 5.74) is 3.63. The zero-order valence-electron chi connectivity index (χ0n) is 13.8. The van der Waals surface area contributed by atoms with E-state index in [1.54, 1.807) is 55.5 Å². The minimum absolute atomic E-state index is 0.114. The highest BCUT2D eigenvalue weighted by atomic mass is 35.5. The van der Waals surface area contributed by atoms with Crippen molar-refractivity contribution < 1.29 is 14.6 Å². The summed E-state index contributed by atoms with van der Waals surface area (Å²) in [4.78, 5) is 12.0. The van der Waals surface area contributed by atoms with Gasteiger partial charge >= 0.3 is 0 Å². The molecule has 0 aliphatic heterocycles. The maximum absolute atomic E-state index is 12.0. The highest BCUT2D eigenvalue weighted by molar-refractivity contribution is 6.30. The van der Waals surface area contributed by atoms with Crippen molar-refractivity contribution in [1.82, 2.24) is 5.43 Å². The zero-order valence-corrected chi connectivity index (χ0v) is 14.5. The van der Waals surface area contributed by atoms with Crippen LogP contribution in [0.2, 0.25) is 5.02 Å². The van der Waals surface area contributed by atoms with Crippen molar-refractivity contribution in [1.29, 1.82) is 0 Å². The molecule has 0 radical (unpaired) electrons. The van der Waals surface area contributed by atoms with E-state index in [9.17, 15) is 9.90 Å². The summed E-state index contributed by atoms with van der Waals surface area (Å²) in [6.07, 6.45) is 2.87. The highest BCUT2D eigenvalue weighted by Crippen LogP contribution is 2.21. The van der Waals surface area contributed by atoms with Crippen molar-refractivity contribution in [2.24, 2.45) is 5.10 Å². The molecule has 6 heteroatoms. The van der Waals surface area contributed by atoms with E-state index in [1.165, 1.54) is 6.21 Å². The minimum atomic E-state index is -0.753. The Balaban J connectivity index is 1.96. The van der Waals surface area contributed by atoms with Gasteiger partial charge in [0, 0.05) is 10.6 Å². The van der Waals surface area contributed by atoms with E-state index in [4.69, 9.17) is 16.3 Å². The van der Waals surface area contributed by atoms with Crippen molar-refractivity contribution in [2.45, 2.75) is 19.4 Å². The number of halogens is 1. The van der Waals surface area contributed by atoms with Gasteiger partial charge in [0.25, 0.3) is 5.91 Å². The van der Waals surface area contributed by atoms with Crippen molar-refractivity contribution in [2.75, 3.05) is 0 Å². The van der Waals surface area contributed by atoms with E-state index in [2.05, 4.69) is 17.1 Å². The first-order chi connectivity index (χ1) is 12.0. The molecule has 1 atom stereocenters. The maximum Gasteiger partial charge on any atom is 0.280 e. The van der Waals surface area contributed by atoms with Crippen LogP contribution in [-0.4, -0.2) is 23.3 Å². The molecule has 0 aliphatic carbocycles. The van der Waals surface area contributed by atoms with Crippen LogP contribution in [0.4, 0.5) is 0 Å². The first-order valence-corrected chi connectivity index (χ1v) is 8.06. The minimum Gasteiger partial charge on any atom is -0.507 e. The fourth-order valence-electron chi connectivity index (χ4n) is 2.09. The van der Waals surface area contributed by atoms with Crippen LogP contribution in [0.1, 0.15) is 18.1 Å². The van der Waals surface area contributed by atoms with Gasteiger partial charge in [-0.25, -0.2) is 5.43 Å². The molecule has 2 aromatic carbocycles. The monoisotopic (exact) mass is 358 g/mol. The summed E-state index contributed by atoms with van der Waals surface area (Å²) in [6, 6.07) is 12.1. The van der Waals surface area contributed by atoms with E-state index in [1.807, 2.05) is 0 Å². The van der Waals surface area contributed by atoms with Gasteiger partial charge in [0.1, 0.15) is 11.5 Å². The number of nitrogens with zero attached hydrogens (tertiary/aromatic N) is 1. The fourth-order valence-corrected chi connectivity index (χ4v) is 2.27. The second-order valence-electron chi connectivity index (χ2n) is 5.30. The Morgan fingerprint density at radius 3 is 2.88 bits per heavy atom. The van der Waals surface area contributed by atoms with Gasteiger partial charge in [-0.2, -0.15) is 5.10 Å². The maximum atomic E-state index is 12.0. The Bertz CT molecular complexity index is 790. The van der Waals surface area contributed by atoms with Gasteiger partial charge in [0.2, 0.25) is 0 Å². The van der Waals surface area contributed by atoms with Crippen LogP contribution >= 0.6 is 11.6 Å². The van der Waals surface area contributed by atoms with Crippen LogP contribution in [0.25, 0.3) is 0 Å². The molecular weight excluding hydrogens is 340 g/mol. The Labute approximate surface area is 151 Å². The van der Waals surface area contributed by atoms with Gasteiger partial charge in [-0.3, -0.25) is 4.79 Å². The van der Waals surface area contributed by atoms with Gasteiger partial charge in [-0.05, 0) is 43.2 Å². The number of ether oxygens (including phenoxy) is 1. The van der Waals surface area contributed by atoms with E-state index < -0.39 is 12.0 Å². The van der Waals surface area contributed by atoms with E-state index in [-0.39, 0.29) is 5.75 Å². The number of rotatable bonds is 7. The molecule has 130 valence electrons. The number of amides is 1. The SMILES string of the molecule is C=CCc1cccc(C=NNC(=O)C(C)Oc2cccc(Cl)c2)c1O. The van der Waals surface area contributed by atoms with Gasteiger partial charge in [-0.15, -0.1) is 6.58 Å². The molecule has 0 aromatic heterocycles. The van der Waals surface area contributed by atoms with Gasteiger partial charge in [-0.1, -0.05) is 35.9 Å². The molecule has 25 heavy (non-hydrogen) atoms. The van der Waals surface area contributed by atoms with Gasteiger partial charge < -0.3 is 9.84 Å². The molecule has 0 spiro atoms. The molecule has 0 fully saturated rings. The lowest BCUT2D eigenvalue weighted by atomic mass is 10.1. The summed E-state index contributed by atoms with van der Waals surface area (Å²) < 4.78 is 5.50. The summed E-state index contributed by atoms with van der Waals surface area (Å²) >= 11 is 5.88. The third-order valence-electron chi connectivity index (χ3n) is 3.37. The number of carbonyl (C=O) groups is 1. The largest absolute Gasteiger partial charge is 0.507 e. The fraction of sp³-hybridized carbons (Fsp3) is 0.158. The summed E-state index contributed by atoms with van der Waals surface area (Å²) in [6.45, 7) is 5.25. The highest BCUT2D eigenvalue weighted by Gasteiger charge is 2.14. The lowest BCUT2D eigenvalue weighted by Crippen LogP contribution is -2.33. The number of hydrogen-bond acceptors (Lipinski definition) is 4. The molecule has 5 nitrogen and oxygen atoms in total. The van der Waals surface area contributed by atoms with Crippen LogP contribution in [0.15, 0.2) is 60.2 Å². The lowest BCUT2D eigenvalue weighted by Gasteiger charge is -2.13. The normalized spacial score (nSPS) is 11.9. The van der Waals surface area contributed by atoms with Crippen LogP contribution in [0, 0.1) is 0 Å². The van der Waals surface area contributed by atoms with E-state index in [0.29, 0.717) is 22.8 Å². The van der Waals surface area contributed by atoms with Gasteiger partial charge in [0.15, 0.2) is 6.10 Å². The third-order valence-corrected chi connectivity index (χ3v) is 3.61. The molecule has 0 aliphatic rings. The number of nitrogens with one attached hydrogen (secondary N) is 1. The number of benzene rings is 2. The Morgan fingerprint density at radius 1 is 1.40 bits per heavy atom. The Kier molecular flexibility index (Phi) is 6.60. The smallest absolute Gasteiger partial charge is 0.280 e. The molecule has 0 heterocycles. The predicted octanol–water partition coefficient (Wildman–Crippen LogP) is 3.69. The van der Waals surface area contributed by atoms with E-state index >= 15 is 0 Å². The summed E-state index contributed by atoms with van der Waals surface area (Å²) in [5.74, 6) is 0.190. The van der Waals surface area contributed by atoms with Crippen molar-refractivity contribution in [3.8, 4) is 11.5 Å². The van der Waals surface area contributed by atoms with Crippen LogP contribution in [0.5, 0.6) is 11.5 Å². The van der Waals surface area contributed by atoms with E-state index in [0.717, 1.165) is 5.56 Å². The second-order valence-corrected chi connectivity index (χ2v) is 5.74. The number of aromatic hydroxyl groups is 1. The predicted molar refractivity (Wildman–Crippen MR) is 99.3 cm³/mol. The van der Waals surface area contributed by atoms with Crippen molar-refractivity contribution in [3.05, 3.63) is 71.3 Å². The molecule has 1 unspecified atom stereocenters. The Hall–Kier alpha value is -2.79. The molecule has 2 aromatic rings. The average Bonchev–Trinajstić information content (AvgIpc) is 2.58.